The van der Waals surface area contributed by atoms with Gasteiger partial charge in [0.2, 0.25) is 15.9 Å². The summed E-state index contributed by atoms with van der Waals surface area (Å²) in [4.78, 5) is 14.8. The predicted octanol–water partition coefficient (Wildman–Crippen LogP) is 2.43. The van der Waals surface area contributed by atoms with Crippen molar-refractivity contribution in [1.82, 2.24) is 4.90 Å². The Morgan fingerprint density at radius 2 is 1.74 bits per heavy atom. The normalized spacial score (nSPS) is 15.0. The first-order valence-corrected chi connectivity index (χ1v) is 10.6. The van der Waals surface area contributed by atoms with Gasteiger partial charge in [0.05, 0.1) is 19.1 Å². The molecule has 0 spiro atoms. The summed E-state index contributed by atoms with van der Waals surface area (Å²) in [6.07, 6.45) is 1.89. The van der Waals surface area contributed by atoms with E-state index in [-0.39, 0.29) is 5.91 Å². The van der Waals surface area contributed by atoms with Crippen LogP contribution in [-0.2, 0) is 27.8 Å². The van der Waals surface area contributed by atoms with Crippen LogP contribution < -0.4 is 9.04 Å². The Kier molecular flexibility index (Phi) is 5.41. The molecule has 1 amide bonds. The Morgan fingerprint density at radius 3 is 2.33 bits per heavy atom. The summed E-state index contributed by atoms with van der Waals surface area (Å²) in [6, 6.07) is 13.9. The van der Waals surface area contributed by atoms with Crippen LogP contribution in [0.5, 0.6) is 5.75 Å². The van der Waals surface area contributed by atoms with Crippen molar-refractivity contribution in [3.63, 3.8) is 0 Å². The number of sulfonamides is 1. The van der Waals surface area contributed by atoms with E-state index in [1.54, 1.807) is 43.2 Å². The first-order chi connectivity index (χ1) is 12.8. The van der Waals surface area contributed by atoms with Gasteiger partial charge in [-0.15, -0.1) is 0 Å². The number of benzene rings is 2. The van der Waals surface area contributed by atoms with Crippen LogP contribution in [0.2, 0.25) is 0 Å². The van der Waals surface area contributed by atoms with Gasteiger partial charge in [-0.25, -0.2) is 8.42 Å². The number of ether oxygens (including phenoxy) is 1. The summed E-state index contributed by atoms with van der Waals surface area (Å²) in [7, 11) is -2.09. The fraction of sp³-hybridized carbons (Fsp3) is 0.350. The summed E-state index contributed by atoms with van der Waals surface area (Å²) in [5.41, 5.74) is 2.79. The maximum absolute atomic E-state index is 13.1. The molecule has 0 aliphatic carbocycles. The van der Waals surface area contributed by atoms with E-state index in [2.05, 4.69) is 6.07 Å². The summed E-state index contributed by atoms with van der Waals surface area (Å²) in [5, 5.41) is 0. The highest BCUT2D eigenvalue weighted by molar-refractivity contribution is 7.92. The quantitative estimate of drug-likeness (QED) is 0.789. The van der Waals surface area contributed by atoms with Crippen LogP contribution in [0.4, 0.5) is 5.69 Å². The molecular weight excluding hydrogens is 364 g/mol. The Morgan fingerprint density at radius 1 is 1.11 bits per heavy atom. The number of methoxy groups -OCH3 is 1. The molecule has 1 atom stereocenters. The minimum absolute atomic E-state index is 0.203. The lowest BCUT2D eigenvalue weighted by atomic mass is 9.99. The Balaban J connectivity index is 1.86. The molecule has 0 radical (unpaired) electrons. The lowest BCUT2D eigenvalue weighted by Gasteiger charge is -2.35. The SMILES string of the molecule is COc1ccc(N(C(C)C(=O)N2CCc3ccccc3C2)S(C)(=O)=O)cc1. The molecule has 1 aliphatic heterocycles. The minimum Gasteiger partial charge on any atom is -0.497 e. The predicted molar refractivity (Wildman–Crippen MR) is 105 cm³/mol. The number of hydrogen-bond donors (Lipinski definition) is 0. The molecule has 0 N–H and O–H groups in total. The van der Waals surface area contributed by atoms with Crippen LogP contribution in [0.3, 0.4) is 0 Å². The largest absolute Gasteiger partial charge is 0.497 e. The number of carbonyl (C=O) groups excluding carboxylic acids is 1. The van der Waals surface area contributed by atoms with E-state index in [1.807, 2.05) is 18.2 Å². The van der Waals surface area contributed by atoms with Gasteiger partial charge in [-0.2, -0.15) is 0 Å². The van der Waals surface area contributed by atoms with Crippen molar-refractivity contribution in [1.29, 1.82) is 0 Å². The molecule has 7 heteroatoms. The second-order valence-corrected chi connectivity index (χ2v) is 8.57. The van der Waals surface area contributed by atoms with Crippen molar-refractivity contribution in [2.45, 2.75) is 25.9 Å². The third kappa shape index (κ3) is 4.08. The Bertz CT molecular complexity index is 925. The van der Waals surface area contributed by atoms with Crippen molar-refractivity contribution in [3.8, 4) is 5.75 Å². The van der Waals surface area contributed by atoms with Gasteiger partial charge >= 0.3 is 0 Å². The Hall–Kier alpha value is -2.54. The third-order valence-corrected chi connectivity index (χ3v) is 6.08. The number of carbonyl (C=O) groups is 1. The molecule has 0 saturated carbocycles. The smallest absolute Gasteiger partial charge is 0.246 e. The van der Waals surface area contributed by atoms with E-state index in [4.69, 9.17) is 4.74 Å². The van der Waals surface area contributed by atoms with E-state index < -0.39 is 16.1 Å². The number of hydrogen-bond acceptors (Lipinski definition) is 4. The van der Waals surface area contributed by atoms with Crippen molar-refractivity contribution in [2.24, 2.45) is 0 Å². The van der Waals surface area contributed by atoms with Crippen LogP contribution in [0, 0.1) is 0 Å². The molecule has 1 heterocycles. The molecule has 6 nitrogen and oxygen atoms in total. The second kappa shape index (κ2) is 7.60. The maximum Gasteiger partial charge on any atom is 0.246 e. The van der Waals surface area contributed by atoms with E-state index in [0.29, 0.717) is 24.5 Å². The number of amides is 1. The molecule has 1 unspecified atom stereocenters. The number of anilines is 1. The maximum atomic E-state index is 13.1. The zero-order chi connectivity index (χ0) is 19.6. The summed E-state index contributed by atoms with van der Waals surface area (Å²) in [6.45, 7) is 2.72. The van der Waals surface area contributed by atoms with Gasteiger partial charge in [-0.3, -0.25) is 9.10 Å². The fourth-order valence-corrected chi connectivity index (χ4v) is 4.65. The summed E-state index contributed by atoms with van der Waals surface area (Å²) in [5.74, 6) is 0.421. The van der Waals surface area contributed by atoms with Gasteiger partial charge < -0.3 is 9.64 Å². The van der Waals surface area contributed by atoms with E-state index in [0.717, 1.165) is 18.2 Å². The summed E-state index contributed by atoms with van der Waals surface area (Å²) >= 11 is 0. The van der Waals surface area contributed by atoms with E-state index >= 15 is 0 Å². The second-order valence-electron chi connectivity index (χ2n) is 6.71. The van der Waals surface area contributed by atoms with Crippen molar-refractivity contribution in [2.75, 3.05) is 24.2 Å². The average molecular weight is 388 g/mol. The highest BCUT2D eigenvalue weighted by atomic mass is 32.2. The van der Waals surface area contributed by atoms with Gasteiger partial charge in [0.25, 0.3) is 0 Å². The minimum atomic E-state index is -3.64. The van der Waals surface area contributed by atoms with Crippen LogP contribution in [0.25, 0.3) is 0 Å². The van der Waals surface area contributed by atoms with Crippen LogP contribution in [0.1, 0.15) is 18.1 Å². The number of fused-ring (bicyclic) bond motifs is 1. The molecule has 0 fully saturated rings. The third-order valence-electron chi connectivity index (χ3n) is 4.84. The standard InChI is InChI=1S/C20H24N2O4S/c1-15(20(23)21-13-12-16-6-4-5-7-17(16)14-21)22(27(3,24)25)18-8-10-19(26-2)11-9-18/h4-11,15H,12-14H2,1-3H3. The molecule has 3 rings (SSSR count). The first kappa shape index (κ1) is 19.2. The van der Waals surface area contributed by atoms with Crippen LogP contribution in [0.15, 0.2) is 48.5 Å². The molecule has 0 aromatic heterocycles. The van der Waals surface area contributed by atoms with Gasteiger partial charge in [0.15, 0.2) is 0 Å². The molecule has 27 heavy (non-hydrogen) atoms. The lowest BCUT2D eigenvalue weighted by molar-refractivity contribution is -0.132. The molecule has 2 aromatic rings. The van der Waals surface area contributed by atoms with Gasteiger partial charge in [-0.05, 0) is 48.7 Å². The van der Waals surface area contributed by atoms with Crippen molar-refractivity contribution < 1.29 is 17.9 Å². The molecule has 0 saturated heterocycles. The van der Waals surface area contributed by atoms with Crippen LogP contribution in [-0.4, -0.2) is 45.2 Å². The van der Waals surface area contributed by atoms with E-state index in [9.17, 15) is 13.2 Å². The number of rotatable bonds is 5. The zero-order valence-corrected chi connectivity index (χ0v) is 16.6. The summed E-state index contributed by atoms with van der Waals surface area (Å²) < 4.78 is 31.2. The number of nitrogens with zero attached hydrogens (tertiary/aromatic N) is 2. The first-order valence-electron chi connectivity index (χ1n) is 8.80. The zero-order valence-electron chi connectivity index (χ0n) is 15.8. The lowest BCUT2D eigenvalue weighted by Crippen LogP contribution is -2.50. The van der Waals surface area contributed by atoms with Crippen LogP contribution >= 0.6 is 0 Å². The van der Waals surface area contributed by atoms with Crippen molar-refractivity contribution in [3.05, 3.63) is 59.7 Å². The van der Waals surface area contributed by atoms with Gasteiger partial charge in [0.1, 0.15) is 11.8 Å². The average Bonchev–Trinajstić information content (AvgIpc) is 2.66. The molecule has 1 aliphatic rings. The fourth-order valence-electron chi connectivity index (χ4n) is 3.48. The molecule has 2 aromatic carbocycles. The molecular formula is C20H24N2O4S. The Labute approximate surface area is 160 Å². The van der Waals surface area contributed by atoms with Crippen molar-refractivity contribution >= 4 is 21.6 Å². The highest BCUT2D eigenvalue weighted by Gasteiger charge is 2.33. The van der Waals surface area contributed by atoms with Gasteiger partial charge in [-0.1, -0.05) is 24.3 Å². The molecule has 0 bridgehead atoms. The van der Waals surface area contributed by atoms with Gasteiger partial charge in [0, 0.05) is 13.1 Å². The molecule has 144 valence electrons. The monoisotopic (exact) mass is 388 g/mol. The topological polar surface area (TPSA) is 66.9 Å². The van der Waals surface area contributed by atoms with E-state index in [1.165, 1.54) is 9.87 Å². The highest BCUT2D eigenvalue weighted by Crippen LogP contribution is 2.26.